The largest absolute Gasteiger partial charge is 0.451 e. The Labute approximate surface area is 190 Å². The van der Waals surface area contributed by atoms with Crippen molar-refractivity contribution in [2.75, 3.05) is 31.1 Å². The number of halogens is 3. The van der Waals surface area contributed by atoms with Gasteiger partial charge in [-0.05, 0) is 30.7 Å². The quantitative estimate of drug-likeness (QED) is 0.467. The molecule has 34 heavy (non-hydrogen) atoms. The second-order valence-electron chi connectivity index (χ2n) is 7.80. The number of para-hydroxylation sites is 1. The Balaban J connectivity index is 1.46. The number of sulfonamides is 1. The number of oxazole rings is 1. The average Bonchev–Trinajstić information content (AvgIpc) is 3.00. The fraction of sp³-hybridized carbons (Fsp3) is 0.286. The maximum atomic E-state index is 13.4. The Hall–Kier alpha value is -3.45. The van der Waals surface area contributed by atoms with Crippen molar-refractivity contribution in [3.63, 3.8) is 0 Å². The van der Waals surface area contributed by atoms with Crippen LogP contribution in [0.15, 0.2) is 56.6 Å². The van der Waals surface area contributed by atoms with Gasteiger partial charge in [-0.3, -0.25) is 4.98 Å². The second-order valence-corrected chi connectivity index (χ2v) is 9.74. The summed E-state index contributed by atoms with van der Waals surface area (Å²) in [6, 6.07) is 10.5. The minimum Gasteiger partial charge on any atom is -0.408 e. The Morgan fingerprint density at radius 3 is 2.59 bits per heavy atom. The van der Waals surface area contributed by atoms with Gasteiger partial charge in [0.25, 0.3) is 0 Å². The number of rotatable bonds is 3. The normalized spacial score (nSPS) is 16.3. The average molecular weight is 493 g/mol. The number of nitrogens with zero attached hydrogens (tertiary/aromatic N) is 4. The molecule has 9 nitrogen and oxygen atoms in total. The second kappa shape index (κ2) is 8.09. The molecule has 0 unspecified atom stereocenters. The zero-order valence-corrected chi connectivity index (χ0v) is 18.4. The van der Waals surface area contributed by atoms with E-state index in [0.29, 0.717) is 23.9 Å². The van der Waals surface area contributed by atoms with E-state index in [1.165, 1.54) is 28.6 Å². The minimum atomic E-state index is -4.72. The van der Waals surface area contributed by atoms with Crippen LogP contribution in [0.3, 0.4) is 0 Å². The van der Waals surface area contributed by atoms with Gasteiger partial charge in [0.05, 0.1) is 15.9 Å². The highest BCUT2D eigenvalue weighted by molar-refractivity contribution is 7.89. The van der Waals surface area contributed by atoms with E-state index in [2.05, 4.69) is 15.0 Å². The number of benzene rings is 2. The minimum absolute atomic E-state index is 0.0388. The molecule has 1 fully saturated rings. The van der Waals surface area contributed by atoms with E-state index >= 15 is 0 Å². The van der Waals surface area contributed by atoms with Crippen molar-refractivity contribution in [3.8, 4) is 0 Å². The summed E-state index contributed by atoms with van der Waals surface area (Å²) in [5.41, 5.74) is 0.659. The van der Waals surface area contributed by atoms with Crippen LogP contribution in [0.2, 0.25) is 0 Å². The van der Waals surface area contributed by atoms with E-state index in [4.69, 9.17) is 4.42 Å². The van der Waals surface area contributed by atoms with E-state index in [1.807, 2.05) is 0 Å². The van der Waals surface area contributed by atoms with Crippen LogP contribution in [0.5, 0.6) is 0 Å². The van der Waals surface area contributed by atoms with Crippen LogP contribution < -0.4 is 10.7 Å². The Morgan fingerprint density at radius 1 is 1.00 bits per heavy atom. The number of aromatic nitrogens is 3. The Bertz CT molecular complexity index is 1550. The monoisotopic (exact) mass is 493 g/mol. The van der Waals surface area contributed by atoms with Crippen molar-refractivity contribution in [2.45, 2.75) is 17.5 Å². The third-order valence-electron chi connectivity index (χ3n) is 5.62. The first kappa shape index (κ1) is 22.3. The van der Waals surface area contributed by atoms with Gasteiger partial charge in [-0.25, -0.2) is 23.2 Å². The highest BCUT2D eigenvalue weighted by Crippen LogP contribution is 2.32. The van der Waals surface area contributed by atoms with Crippen molar-refractivity contribution < 1.29 is 26.0 Å². The number of fused-ring (bicyclic) bond motifs is 2. The maximum absolute atomic E-state index is 13.4. The van der Waals surface area contributed by atoms with Gasteiger partial charge in [-0.1, -0.05) is 12.1 Å². The molecule has 2 aromatic heterocycles. The lowest BCUT2D eigenvalue weighted by molar-refractivity contribution is -0.144. The van der Waals surface area contributed by atoms with Gasteiger partial charge in [0, 0.05) is 37.6 Å². The molecule has 0 spiro atoms. The summed E-state index contributed by atoms with van der Waals surface area (Å²) in [5.74, 6) is -1.81. The molecule has 0 amide bonds. The number of hydrogen-bond donors (Lipinski definition) is 1. The van der Waals surface area contributed by atoms with Crippen LogP contribution in [-0.4, -0.2) is 53.9 Å². The Morgan fingerprint density at radius 2 is 1.79 bits per heavy atom. The number of H-pyrrole nitrogens is 1. The first-order valence-corrected chi connectivity index (χ1v) is 11.8. The summed E-state index contributed by atoms with van der Waals surface area (Å²) in [7, 11) is -3.93. The molecular formula is C21H18F3N5O4S. The van der Waals surface area contributed by atoms with Gasteiger partial charge >= 0.3 is 11.9 Å². The van der Waals surface area contributed by atoms with Gasteiger partial charge in [-0.2, -0.15) is 17.5 Å². The predicted octanol–water partition coefficient (Wildman–Crippen LogP) is 2.98. The predicted molar refractivity (Wildman–Crippen MR) is 117 cm³/mol. The highest BCUT2D eigenvalue weighted by atomic mass is 32.2. The van der Waals surface area contributed by atoms with Gasteiger partial charge in [0.2, 0.25) is 15.8 Å². The first-order chi connectivity index (χ1) is 16.1. The van der Waals surface area contributed by atoms with Crippen LogP contribution in [-0.2, 0) is 16.2 Å². The molecule has 0 saturated carbocycles. The number of hydrogen-bond acceptors (Lipinski definition) is 7. The third-order valence-corrected chi connectivity index (χ3v) is 7.52. The van der Waals surface area contributed by atoms with E-state index < -0.39 is 27.8 Å². The zero-order valence-electron chi connectivity index (χ0n) is 17.5. The summed E-state index contributed by atoms with van der Waals surface area (Å²) in [6.07, 6.45) is -4.34. The summed E-state index contributed by atoms with van der Waals surface area (Å²) >= 11 is 0. The first-order valence-electron chi connectivity index (χ1n) is 10.3. The molecule has 0 radical (unpaired) electrons. The summed E-state index contributed by atoms with van der Waals surface area (Å²) in [6.45, 7) is 0.662. The SMILES string of the molecule is O=c1[nH]c2ccc(S(=O)(=O)N3CCCN(c4nc(C(F)(F)F)nc5ccccc45)CC3)cc2o1. The van der Waals surface area contributed by atoms with Gasteiger partial charge in [-0.15, -0.1) is 0 Å². The molecule has 3 heterocycles. The number of nitrogens with one attached hydrogen (secondary N) is 1. The Kier molecular flexibility index (Phi) is 5.32. The number of alkyl halides is 3. The summed E-state index contributed by atoms with van der Waals surface area (Å²) in [4.78, 5) is 22.9. The standard InChI is InChI=1S/C21H18F3N5O4S/c22-21(23,24)19-25-15-5-2-1-4-14(15)18(27-19)28-8-3-9-29(11-10-28)34(31,32)13-6-7-16-17(12-13)33-20(30)26-16/h1-2,4-7,12H,3,8-11H2,(H,26,30). The molecule has 13 heteroatoms. The van der Waals surface area contributed by atoms with Crippen LogP contribution in [0, 0.1) is 0 Å². The van der Waals surface area contributed by atoms with E-state index in [0.717, 1.165) is 0 Å². The number of anilines is 1. The molecular weight excluding hydrogens is 475 g/mol. The lowest BCUT2D eigenvalue weighted by Gasteiger charge is -2.24. The van der Waals surface area contributed by atoms with E-state index in [9.17, 15) is 26.4 Å². The molecule has 0 aliphatic carbocycles. The molecule has 1 aliphatic heterocycles. The molecule has 178 valence electrons. The molecule has 4 aromatic rings. The molecule has 1 aliphatic rings. The van der Waals surface area contributed by atoms with Crippen molar-refractivity contribution >= 4 is 37.8 Å². The van der Waals surface area contributed by atoms with Crippen molar-refractivity contribution in [3.05, 3.63) is 58.8 Å². The maximum Gasteiger partial charge on any atom is 0.451 e. The van der Waals surface area contributed by atoms with E-state index in [1.54, 1.807) is 23.1 Å². The zero-order chi connectivity index (χ0) is 24.1. The number of aromatic amines is 1. The van der Waals surface area contributed by atoms with Crippen LogP contribution in [0.25, 0.3) is 22.0 Å². The summed E-state index contributed by atoms with van der Waals surface area (Å²) in [5, 5.41) is 0.458. The molecule has 5 rings (SSSR count). The molecule has 0 atom stereocenters. The molecule has 1 N–H and O–H groups in total. The molecule has 0 bridgehead atoms. The molecule has 2 aromatic carbocycles. The van der Waals surface area contributed by atoms with Gasteiger partial charge in [0.15, 0.2) is 5.58 Å². The van der Waals surface area contributed by atoms with Crippen LogP contribution >= 0.6 is 0 Å². The highest BCUT2D eigenvalue weighted by Gasteiger charge is 2.36. The smallest absolute Gasteiger partial charge is 0.408 e. The van der Waals surface area contributed by atoms with Crippen LogP contribution in [0.4, 0.5) is 19.0 Å². The van der Waals surface area contributed by atoms with Crippen LogP contribution in [0.1, 0.15) is 12.2 Å². The van der Waals surface area contributed by atoms with Gasteiger partial charge < -0.3 is 9.32 Å². The fourth-order valence-corrected chi connectivity index (χ4v) is 5.49. The lowest BCUT2D eigenvalue weighted by Crippen LogP contribution is -2.35. The van der Waals surface area contributed by atoms with Crippen molar-refractivity contribution in [1.82, 2.24) is 19.3 Å². The topological polar surface area (TPSA) is 112 Å². The lowest BCUT2D eigenvalue weighted by atomic mass is 10.2. The molecule has 1 saturated heterocycles. The van der Waals surface area contributed by atoms with E-state index in [-0.39, 0.29) is 41.4 Å². The van der Waals surface area contributed by atoms with Crippen molar-refractivity contribution in [2.24, 2.45) is 0 Å². The summed E-state index contributed by atoms with van der Waals surface area (Å²) < 4.78 is 72.9. The fourth-order valence-electron chi connectivity index (χ4n) is 4.01. The third kappa shape index (κ3) is 4.01. The van der Waals surface area contributed by atoms with Gasteiger partial charge in [0.1, 0.15) is 5.82 Å². The van der Waals surface area contributed by atoms with Crippen molar-refractivity contribution in [1.29, 1.82) is 0 Å².